The van der Waals surface area contributed by atoms with Crippen LogP contribution in [0.5, 0.6) is 11.5 Å². The molecule has 10 heteroatoms. The van der Waals surface area contributed by atoms with E-state index in [2.05, 4.69) is 26.9 Å². The summed E-state index contributed by atoms with van der Waals surface area (Å²) in [7, 11) is -2.14. The Morgan fingerprint density at radius 3 is 2.38 bits per heavy atom. The van der Waals surface area contributed by atoms with Crippen molar-refractivity contribution in [2.45, 2.75) is 83.1 Å². The number of carbonyl (C=O) groups excluding carboxylic acids is 2. The van der Waals surface area contributed by atoms with Gasteiger partial charge in [0, 0.05) is 0 Å². The molecule has 1 fully saturated rings. The van der Waals surface area contributed by atoms with Crippen LogP contribution in [0.4, 0.5) is 4.79 Å². The van der Waals surface area contributed by atoms with Crippen LogP contribution >= 0.6 is 0 Å². The van der Waals surface area contributed by atoms with Gasteiger partial charge in [0.15, 0.2) is 25.6 Å². The molecule has 40 heavy (non-hydrogen) atoms. The molecule has 0 spiro atoms. The smallest absolute Gasteiger partial charge is 0.417 e. The largest absolute Gasteiger partial charge is 0.454 e. The van der Waals surface area contributed by atoms with Crippen molar-refractivity contribution < 1.29 is 37.7 Å². The molecule has 1 saturated heterocycles. The maximum Gasteiger partial charge on any atom is 0.417 e. The molecule has 0 aromatic heterocycles. The van der Waals surface area contributed by atoms with E-state index in [0.717, 1.165) is 11.1 Å². The first-order valence-corrected chi connectivity index (χ1v) is 16.7. The molecule has 9 nitrogen and oxygen atoms in total. The van der Waals surface area contributed by atoms with Crippen LogP contribution < -0.4 is 9.47 Å². The predicted molar refractivity (Wildman–Crippen MR) is 148 cm³/mol. The van der Waals surface area contributed by atoms with Gasteiger partial charge in [-0.15, -0.1) is 0 Å². The molecule has 0 unspecified atom stereocenters. The van der Waals surface area contributed by atoms with Gasteiger partial charge in [0.1, 0.15) is 18.8 Å². The Bertz CT molecular complexity index is 1370. The van der Waals surface area contributed by atoms with Crippen LogP contribution in [-0.4, -0.2) is 62.2 Å². The molecule has 4 aliphatic rings. The summed E-state index contributed by atoms with van der Waals surface area (Å²) in [5.74, 6) is -0.426. The second-order valence-electron chi connectivity index (χ2n) is 11.9. The third-order valence-corrected chi connectivity index (χ3v) is 11.9. The lowest BCUT2D eigenvalue weighted by molar-refractivity contribution is -0.153. The summed E-state index contributed by atoms with van der Waals surface area (Å²) >= 11 is 0. The van der Waals surface area contributed by atoms with E-state index in [1.807, 2.05) is 56.3 Å². The van der Waals surface area contributed by atoms with Gasteiger partial charge in [0.05, 0.1) is 17.7 Å². The summed E-state index contributed by atoms with van der Waals surface area (Å²) in [5.41, 5.74) is 2.91. The van der Waals surface area contributed by atoms with E-state index in [4.69, 9.17) is 28.1 Å². The molecule has 0 N–H and O–H groups in total. The highest BCUT2D eigenvalue weighted by molar-refractivity contribution is 6.72. The summed E-state index contributed by atoms with van der Waals surface area (Å²) in [6.07, 6.45) is -0.378. The highest BCUT2D eigenvalue weighted by Crippen LogP contribution is 2.49. The molecule has 212 valence electrons. The van der Waals surface area contributed by atoms with E-state index >= 15 is 0 Å². The molecule has 2 aromatic carbocycles. The third kappa shape index (κ3) is 4.62. The van der Waals surface area contributed by atoms with Crippen molar-refractivity contribution in [1.29, 1.82) is 0 Å². The normalized spacial score (nSPS) is 26.2. The quantitative estimate of drug-likeness (QED) is 0.439. The molecule has 0 saturated carbocycles. The third-order valence-electron chi connectivity index (χ3n) is 8.24. The monoisotopic (exact) mass is 565 g/mol. The van der Waals surface area contributed by atoms with Gasteiger partial charge in [-0.05, 0) is 67.4 Å². The van der Waals surface area contributed by atoms with Gasteiger partial charge < -0.3 is 28.1 Å². The number of imide groups is 1. The number of benzene rings is 2. The second kappa shape index (κ2) is 9.73. The maximum atomic E-state index is 14.1. The lowest BCUT2D eigenvalue weighted by atomic mass is 9.78. The van der Waals surface area contributed by atoms with Crippen LogP contribution in [0.3, 0.4) is 0 Å². The standard InChI is InChI=1S/C30H35NO8Si/c1-17(2)40(5,6)39-24-13-20-19-12-22-23(36-16-35-22)14-21(19)28(32)31(25(20)27-26(24)37-30(3,4)38-27)29(33)34-15-18-10-8-7-9-11-18/h7-14,17,24-27H,15-16H2,1-6H3/t24-,25+,26+,27-/m0/s1. The molecule has 0 bridgehead atoms. The lowest BCUT2D eigenvalue weighted by Gasteiger charge is -2.45. The van der Waals surface area contributed by atoms with Gasteiger partial charge >= 0.3 is 6.09 Å². The summed E-state index contributed by atoms with van der Waals surface area (Å²) in [4.78, 5) is 28.9. The van der Waals surface area contributed by atoms with Crippen molar-refractivity contribution in [1.82, 2.24) is 4.90 Å². The Labute approximate surface area is 235 Å². The van der Waals surface area contributed by atoms with Crippen LogP contribution in [0, 0.1) is 0 Å². The zero-order valence-electron chi connectivity index (χ0n) is 23.6. The molecule has 3 heterocycles. The Morgan fingerprint density at radius 2 is 1.70 bits per heavy atom. The minimum absolute atomic E-state index is 0.0279. The first-order valence-electron chi connectivity index (χ1n) is 13.7. The Morgan fingerprint density at radius 1 is 1.05 bits per heavy atom. The number of rotatable bonds is 5. The number of carbonyl (C=O) groups is 2. The summed E-state index contributed by atoms with van der Waals surface area (Å²) < 4.78 is 36.6. The summed E-state index contributed by atoms with van der Waals surface area (Å²) in [5, 5.41) is 0. The minimum atomic E-state index is -2.14. The fraction of sp³-hybridized carbons (Fsp3) is 0.467. The fourth-order valence-electron chi connectivity index (χ4n) is 5.59. The van der Waals surface area contributed by atoms with E-state index in [-0.39, 0.29) is 13.4 Å². The number of nitrogens with zero attached hydrogens (tertiary/aromatic N) is 1. The Hall–Kier alpha value is -3.18. The molecule has 2 amide bonds. The predicted octanol–water partition coefficient (Wildman–Crippen LogP) is 5.49. The van der Waals surface area contributed by atoms with Gasteiger partial charge in [0.2, 0.25) is 6.79 Å². The highest BCUT2D eigenvalue weighted by Gasteiger charge is 2.58. The van der Waals surface area contributed by atoms with E-state index in [1.54, 1.807) is 6.07 Å². The van der Waals surface area contributed by atoms with Crippen molar-refractivity contribution in [2.24, 2.45) is 0 Å². The molecule has 0 radical (unpaired) electrons. The zero-order chi connectivity index (χ0) is 28.4. The minimum Gasteiger partial charge on any atom is -0.454 e. The number of amides is 2. The van der Waals surface area contributed by atoms with Gasteiger partial charge in [-0.25, -0.2) is 9.69 Å². The number of fused-ring (bicyclic) bond motifs is 6. The highest BCUT2D eigenvalue weighted by atomic mass is 28.4. The van der Waals surface area contributed by atoms with Crippen LogP contribution in [0.25, 0.3) is 5.57 Å². The van der Waals surface area contributed by atoms with E-state index in [0.29, 0.717) is 28.2 Å². The van der Waals surface area contributed by atoms with Crippen molar-refractivity contribution in [2.75, 3.05) is 6.79 Å². The number of ether oxygens (including phenoxy) is 5. The van der Waals surface area contributed by atoms with E-state index in [1.165, 1.54) is 4.90 Å². The van der Waals surface area contributed by atoms with Crippen molar-refractivity contribution in [3.8, 4) is 11.5 Å². The molecule has 4 atom stereocenters. The maximum absolute atomic E-state index is 14.1. The topological polar surface area (TPSA) is 92.8 Å². The molecular formula is C30H35NO8Si. The molecular weight excluding hydrogens is 530 g/mol. The van der Waals surface area contributed by atoms with Gasteiger partial charge in [-0.2, -0.15) is 0 Å². The molecule has 6 rings (SSSR count). The number of hydrogen-bond acceptors (Lipinski definition) is 8. The average molecular weight is 566 g/mol. The lowest BCUT2D eigenvalue weighted by Crippen LogP contribution is -2.60. The fourth-order valence-corrected chi connectivity index (χ4v) is 6.76. The number of hydrogen-bond donors (Lipinski definition) is 0. The Balaban J connectivity index is 1.46. The Kier molecular flexibility index (Phi) is 6.57. The van der Waals surface area contributed by atoms with Crippen molar-refractivity contribution in [3.63, 3.8) is 0 Å². The first-order chi connectivity index (χ1) is 18.9. The van der Waals surface area contributed by atoms with E-state index < -0.39 is 50.5 Å². The van der Waals surface area contributed by atoms with Crippen molar-refractivity contribution >= 4 is 25.9 Å². The van der Waals surface area contributed by atoms with Gasteiger partial charge in [-0.3, -0.25) is 4.79 Å². The summed E-state index contributed by atoms with van der Waals surface area (Å²) in [6.45, 7) is 12.5. The van der Waals surface area contributed by atoms with Crippen LogP contribution in [-0.2, 0) is 25.2 Å². The van der Waals surface area contributed by atoms with Crippen LogP contribution in [0.1, 0.15) is 49.2 Å². The molecule has 3 aliphatic heterocycles. The second-order valence-corrected chi connectivity index (χ2v) is 16.5. The summed E-state index contributed by atoms with van der Waals surface area (Å²) in [6, 6.07) is 12.0. The van der Waals surface area contributed by atoms with Crippen molar-refractivity contribution in [3.05, 3.63) is 65.2 Å². The first kappa shape index (κ1) is 27.0. The van der Waals surface area contributed by atoms with Gasteiger partial charge in [-0.1, -0.05) is 44.2 Å². The molecule has 2 aromatic rings. The van der Waals surface area contributed by atoms with Crippen LogP contribution in [0.2, 0.25) is 18.6 Å². The molecule has 1 aliphatic carbocycles. The van der Waals surface area contributed by atoms with E-state index in [9.17, 15) is 9.59 Å². The average Bonchev–Trinajstić information content (AvgIpc) is 3.50. The SMILES string of the molecule is CC(C)[Si](C)(C)O[C@H]1C=C2c3cc4c(cc3C(=O)N(C(=O)OCc3ccccc3)[C@H]2[C@@H]2OC(C)(C)O[C@@H]21)OCO4. The zero-order valence-corrected chi connectivity index (χ0v) is 24.6. The van der Waals surface area contributed by atoms with Gasteiger partial charge in [0.25, 0.3) is 5.91 Å². The van der Waals surface area contributed by atoms with Crippen LogP contribution in [0.15, 0.2) is 48.5 Å².